The molecular formula is C16H18FN5O. The number of hydrogen-bond donors (Lipinski definition) is 1. The number of nitrogens with one attached hydrogen (secondary N) is 1. The van der Waals surface area contributed by atoms with Gasteiger partial charge in [0.2, 0.25) is 0 Å². The van der Waals surface area contributed by atoms with Crippen LogP contribution < -0.4 is 10.1 Å². The molecule has 0 aliphatic rings. The van der Waals surface area contributed by atoms with Crippen molar-refractivity contribution < 1.29 is 9.13 Å². The molecule has 1 aromatic carbocycles. The second-order valence-corrected chi connectivity index (χ2v) is 5.10. The first-order valence-electron chi connectivity index (χ1n) is 7.49. The van der Waals surface area contributed by atoms with Crippen LogP contribution in [0.15, 0.2) is 30.3 Å². The maximum Gasteiger partial charge on any atom is 0.178 e. The highest BCUT2D eigenvalue weighted by atomic mass is 19.1. The monoisotopic (exact) mass is 315 g/mol. The van der Waals surface area contributed by atoms with E-state index >= 15 is 0 Å². The third kappa shape index (κ3) is 3.23. The zero-order valence-electron chi connectivity index (χ0n) is 13.1. The van der Waals surface area contributed by atoms with E-state index in [-0.39, 0.29) is 11.6 Å². The highest BCUT2D eigenvalue weighted by molar-refractivity contribution is 5.44. The van der Waals surface area contributed by atoms with Crippen molar-refractivity contribution in [2.24, 2.45) is 0 Å². The molecule has 6 nitrogen and oxygen atoms in total. The number of anilines is 1. The molecular weight excluding hydrogens is 297 g/mol. The number of nitrogens with zero attached hydrogens (tertiary/aromatic N) is 4. The first-order chi connectivity index (χ1) is 11.2. The summed E-state index contributed by atoms with van der Waals surface area (Å²) >= 11 is 0. The molecule has 23 heavy (non-hydrogen) atoms. The van der Waals surface area contributed by atoms with E-state index in [2.05, 4.69) is 20.6 Å². The van der Waals surface area contributed by atoms with Crippen molar-refractivity contribution in [1.82, 2.24) is 19.8 Å². The fourth-order valence-electron chi connectivity index (χ4n) is 2.35. The Morgan fingerprint density at radius 2 is 2.09 bits per heavy atom. The van der Waals surface area contributed by atoms with Crippen LogP contribution in [0.3, 0.4) is 0 Å². The first kappa shape index (κ1) is 15.2. The molecule has 2 aromatic heterocycles. The fraction of sp³-hybridized carbons (Fsp3) is 0.312. The Morgan fingerprint density at radius 1 is 1.22 bits per heavy atom. The van der Waals surface area contributed by atoms with Gasteiger partial charge in [-0.25, -0.2) is 4.39 Å². The molecule has 1 N–H and O–H groups in total. The molecule has 0 amide bonds. The highest BCUT2D eigenvalue weighted by Crippen LogP contribution is 2.18. The van der Waals surface area contributed by atoms with Crippen LogP contribution in [-0.4, -0.2) is 33.5 Å². The van der Waals surface area contributed by atoms with E-state index in [9.17, 15) is 4.39 Å². The lowest BCUT2D eigenvalue weighted by molar-refractivity contribution is 0.386. The summed E-state index contributed by atoms with van der Waals surface area (Å²) in [6.07, 6.45) is 1.45. The lowest BCUT2D eigenvalue weighted by Crippen LogP contribution is -2.09. The number of methoxy groups -OCH3 is 1. The van der Waals surface area contributed by atoms with E-state index in [0.29, 0.717) is 13.0 Å². The number of hydrogen-bond acceptors (Lipinski definition) is 5. The first-order valence-corrected chi connectivity index (χ1v) is 7.49. The Kier molecular flexibility index (Phi) is 4.36. The fourth-order valence-corrected chi connectivity index (χ4v) is 2.35. The van der Waals surface area contributed by atoms with Crippen LogP contribution in [0.2, 0.25) is 0 Å². The van der Waals surface area contributed by atoms with E-state index in [1.165, 1.54) is 13.2 Å². The number of aryl methyl sites for hydroxylation is 1. The summed E-state index contributed by atoms with van der Waals surface area (Å²) in [5.74, 6) is 1.47. The molecule has 0 aliphatic carbocycles. The van der Waals surface area contributed by atoms with Gasteiger partial charge in [0.05, 0.1) is 7.11 Å². The van der Waals surface area contributed by atoms with Crippen LogP contribution >= 0.6 is 0 Å². The van der Waals surface area contributed by atoms with E-state index < -0.39 is 0 Å². The van der Waals surface area contributed by atoms with Crippen LogP contribution in [0.5, 0.6) is 5.75 Å². The van der Waals surface area contributed by atoms with Crippen molar-refractivity contribution in [2.75, 3.05) is 19.0 Å². The third-order valence-electron chi connectivity index (χ3n) is 3.58. The molecule has 0 fully saturated rings. The molecule has 3 aromatic rings. The summed E-state index contributed by atoms with van der Waals surface area (Å²) in [6, 6.07) is 8.72. The van der Waals surface area contributed by atoms with E-state index in [0.717, 1.165) is 29.3 Å². The van der Waals surface area contributed by atoms with Gasteiger partial charge < -0.3 is 10.1 Å². The second kappa shape index (κ2) is 6.60. The van der Waals surface area contributed by atoms with Crippen molar-refractivity contribution in [3.05, 3.63) is 47.5 Å². The van der Waals surface area contributed by atoms with Crippen molar-refractivity contribution >= 4 is 11.5 Å². The standard InChI is InChI=1S/C16H18FN5O/c1-3-15-19-20-16-7-6-14(21-22(15)16)18-9-8-11-4-5-13(23-2)12(17)10-11/h4-7,10H,3,8-9H2,1-2H3,(H,18,21). The van der Waals surface area contributed by atoms with Crippen molar-refractivity contribution in [2.45, 2.75) is 19.8 Å². The van der Waals surface area contributed by atoms with Crippen LogP contribution in [0.4, 0.5) is 10.2 Å². The van der Waals surface area contributed by atoms with Crippen molar-refractivity contribution in [3.8, 4) is 5.75 Å². The summed E-state index contributed by atoms with van der Waals surface area (Å²) < 4.78 is 20.3. The van der Waals surface area contributed by atoms with Gasteiger partial charge in [-0.2, -0.15) is 4.52 Å². The maximum absolute atomic E-state index is 13.6. The summed E-state index contributed by atoms with van der Waals surface area (Å²) in [6.45, 7) is 2.66. The minimum atomic E-state index is -0.346. The smallest absolute Gasteiger partial charge is 0.178 e. The Hall–Kier alpha value is -2.70. The molecule has 7 heteroatoms. The zero-order chi connectivity index (χ0) is 16.2. The molecule has 0 unspecified atom stereocenters. The number of halogens is 1. The van der Waals surface area contributed by atoms with E-state index in [1.807, 2.05) is 25.1 Å². The molecule has 3 rings (SSSR count). The van der Waals surface area contributed by atoms with E-state index in [4.69, 9.17) is 4.74 Å². The molecule has 0 saturated carbocycles. The zero-order valence-corrected chi connectivity index (χ0v) is 13.1. The molecule has 0 saturated heterocycles. The predicted octanol–water partition coefficient (Wildman–Crippen LogP) is 2.49. The number of rotatable bonds is 6. The predicted molar refractivity (Wildman–Crippen MR) is 85.3 cm³/mol. The quantitative estimate of drug-likeness (QED) is 0.757. The molecule has 0 spiro atoms. The number of fused-ring (bicyclic) bond motifs is 1. The van der Waals surface area contributed by atoms with Gasteiger partial charge in [0.25, 0.3) is 0 Å². The Labute approximate surface area is 133 Å². The van der Waals surface area contributed by atoms with Gasteiger partial charge >= 0.3 is 0 Å². The molecule has 0 bridgehead atoms. The minimum Gasteiger partial charge on any atom is -0.494 e. The Morgan fingerprint density at radius 3 is 2.83 bits per heavy atom. The van der Waals surface area contributed by atoms with Gasteiger partial charge in [-0.1, -0.05) is 13.0 Å². The lowest BCUT2D eigenvalue weighted by atomic mass is 10.1. The van der Waals surface area contributed by atoms with Gasteiger partial charge in [0.1, 0.15) is 5.82 Å². The average molecular weight is 315 g/mol. The molecule has 0 atom stereocenters. The topological polar surface area (TPSA) is 64.3 Å². The van der Waals surface area contributed by atoms with Crippen LogP contribution in [0.25, 0.3) is 5.65 Å². The highest BCUT2D eigenvalue weighted by Gasteiger charge is 2.06. The normalized spacial score (nSPS) is 10.9. The largest absolute Gasteiger partial charge is 0.494 e. The average Bonchev–Trinajstić information content (AvgIpc) is 2.97. The molecule has 0 aliphatic heterocycles. The van der Waals surface area contributed by atoms with Gasteiger partial charge in [-0.05, 0) is 36.2 Å². The summed E-state index contributed by atoms with van der Waals surface area (Å²) in [5, 5.41) is 15.8. The number of benzene rings is 1. The van der Waals surface area contributed by atoms with Gasteiger partial charge in [-0.3, -0.25) is 0 Å². The summed E-state index contributed by atoms with van der Waals surface area (Å²) in [5.41, 5.74) is 1.63. The lowest BCUT2D eigenvalue weighted by Gasteiger charge is -2.07. The maximum atomic E-state index is 13.6. The van der Waals surface area contributed by atoms with E-state index in [1.54, 1.807) is 10.6 Å². The minimum absolute atomic E-state index is 0.258. The second-order valence-electron chi connectivity index (χ2n) is 5.10. The Bertz CT molecular complexity index is 817. The number of ether oxygens (including phenoxy) is 1. The van der Waals surface area contributed by atoms with Crippen LogP contribution in [-0.2, 0) is 12.8 Å². The Balaban J connectivity index is 1.65. The SMILES string of the molecule is CCc1nnc2ccc(NCCc3ccc(OC)c(F)c3)nn12. The van der Waals surface area contributed by atoms with Crippen LogP contribution in [0, 0.1) is 5.82 Å². The van der Waals surface area contributed by atoms with Gasteiger partial charge in [0.15, 0.2) is 23.0 Å². The van der Waals surface area contributed by atoms with Crippen molar-refractivity contribution in [1.29, 1.82) is 0 Å². The molecule has 0 radical (unpaired) electrons. The number of aromatic nitrogens is 4. The summed E-state index contributed by atoms with van der Waals surface area (Å²) in [7, 11) is 1.46. The van der Waals surface area contributed by atoms with Gasteiger partial charge in [-0.15, -0.1) is 15.3 Å². The molecule has 120 valence electrons. The van der Waals surface area contributed by atoms with Crippen molar-refractivity contribution in [3.63, 3.8) is 0 Å². The van der Waals surface area contributed by atoms with Gasteiger partial charge in [0, 0.05) is 13.0 Å². The van der Waals surface area contributed by atoms with Crippen LogP contribution in [0.1, 0.15) is 18.3 Å². The molecule has 2 heterocycles. The third-order valence-corrected chi connectivity index (χ3v) is 3.58. The summed E-state index contributed by atoms with van der Waals surface area (Å²) in [4.78, 5) is 0.